The number of hydrogen-bond donors (Lipinski definition) is 1. The highest BCUT2D eigenvalue weighted by atomic mass is 16.5. The molecule has 0 spiro atoms. The molecule has 0 aliphatic carbocycles. The third-order valence-corrected chi connectivity index (χ3v) is 4.95. The number of amides is 1. The average Bonchev–Trinajstić information content (AvgIpc) is 2.55. The molecule has 5 nitrogen and oxygen atoms in total. The fourth-order valence-corrected chi connectivity index (χ4v) is 3.46. The number of piperidine rings is 1. The molecule has 5 heteroatoms. The molecular formula is C19H27NO4. The van der Waals surface area contributed by atoms with Crippen LogP contribution in [0.15, 0.2) is 30.3 Å². The van der Waals surface area contributed by atoms with Crippen molar-refractivity contribution < 1.29 is 19.4 Å². The highest BCUT2D eigenvalue weighted by molar-refractivity contribution is 5.80. The van der Waals surface area contributed by atoms with E-state index in [1.807, 2.05) is 44.2 Å². The van der Waals surface area contributed by atoms with Gasteiger partial charge in [0.1, 0.15) is 5.41 Å². The van der Waals surface area contributed by atoms with Crippen molar-refractivity contribution in [3.8, 4) is 0 Å². The number of carbonyl (C=O) groups is 2. The molecule has 0 radical (unpaired) electrons. The van der Waals surface area contributed by atoms with E-state index < -0.39 is 11.4 Å². The lowest BCUT2D eigenvalue weighted by molar-refractivity contribution is -0.159. The maximum Gasteiger partial charge on any atom is 0.313 e. The van der Waals surface area contributed by atoms with Crippen LogP contribution < -0.4 is 0 Å². The second kappa shape index (κ2) is 7.34. The number of benzene rings is 1. The molecule has 132 valence electrons. The number of ether oxygens (including phenoxy) is 1. The van der Waals surface area contributed by atoms with Crippen molar-refractivity contribution in [1.82, 2.24) is 4.90 Å². The van der Waals surface area contributed by atoms with Gasteiger partial charge in [0.2, 0.25) is 5.91 Å². The van der Waals surface area contributed by atoms with Gasteiger partial charge in [0, 0.05) is 26.6 Å². The number of methoxy groups -OCH3 is 1. The normalized spacial score (nSPS) is 21.5. The van der Waals surface area contributed by atoms with E-state index in [-0.39, 0.29) is 24.5 Å². The van der Waals surface area contributed by atoms with Crippen LogP contribution in [-0.4, -0.2) is 48.7 Å². The van der Waals surface area contributed by atoms with Crippen LogP contribution in [0.4, 0.5) is 0 Å². The van der Waals surface area contributed by atoms with Crippen LogP contribution >= 0.6 is 0 Å². The number of rotatable bonds is 6. The Hall–Kier alpha value is -1.88. The molecule has 1 aromatic carbocycles. The average molecular weight is 333 g/mol. The van der Waals surface area contributed by atoms with Gasteiger partial charge in [-0.25, -0.2) is 0 Å². The van der Waals surface area contributed by atoms with Crippen LogP contribution in [0.3, 0.4) is 0 Å². The van der Waals surface area contributed by atoms with E-state index in [2.05, 4.69) is 0 Å². The highest BCUT2D eigenvalue weighted by Crippen LogP contribution is 2.33. The molecule has 1 saturated heterocycles. The number of carboxylic acids is 1. The highest BCUT2D eigenvalue weighted by Gasteiger charge is 2.44. The lowest BCUT2D eigenvalue weighted by atomic mass is 9.78. The fourth-order valence-electron chi connectivity index (χ4n) is 3.46. The molecule has 1 unspecified atom stereocenters. The topological polar surface area (TPSA) is 66.8 Å². The molecule has 1 N–H and O–H groups in total. The van der Waals surface area contributed by atoms with Crippen molar-refractivity contribution in [3.05, 3.63) is 35.9 Å². The summed E-state index contributed by atoms with van der Waals surface area (Å²) in [7, 11) is 1.50. The van der Waals surface area contributed by atoms with Crippen LogP contribution in [0.25, 0.3) is 0 Å². The van der Waals surface area contributed by atoms with Crippen molar-refractivity contribution in [2.75, 3.05) is 26.8 Å². The molecule has 1 atom stereocenters. The summed E-state index contributed by atoms with van der Waals surface area (Å²) in [5.41, 5.74) is -0.167. The van der Waals surface area contributed by atoms with Crippen molar-refractivity contribution in [3.63, 3.8) is 0 Å². The van der Waals surface area contributed by atoms with Gasteiger partial charge in [0.25, 0.3) is 0 Å². The van der Waals surface area contributed by atoms with Gasteiger partial charge in [-0.2, -0.15) is 0 Å². The van der Waals surface area contributed by atoms with E-state index in [9.17, 15) is 14.7 Å². The lowest BCUT2D eigenvalue weighted by Gasteiger charge is -2.40. The van der Waals surface area contributed by atoms with Gasteiger partial charge in [-0.3, -0.25) is 9.59 Å². The van der Waals surface area contributed by atoms with Crippen LogP contribution in [0.1, 0.15) is 38.7 Å². The number of hydrogen-bond acceptors (Lipinski definition) is 3. The molecule has 24 heavy (non-hydrogen) atoms. The van der Waals surface area contributed by atoms with E-state index >= 15 is 0 Å². The molecule has 1 aliphatic rings. The first kappa shape index (κ1) is 18.5. The van der Waals surface area contributed by atoms with Gasteiger partial charge in [-0.15, -0.1) is 0 Å². The van der Waals surface area contributed by atoms with Crippen LogP contribution in [0, 0.1) is 5.41 Å². The Morgan fingerprint density at radius 1 is 1.29 bits per heavy atom. The molecule has 2 rings (SSSR count). The van der Waals surface area contributed by atoms with Gasteiger partial charge in [0.15, 0.2) is 0 Å². The Morgan fingerprint density at radius 2 is 1.96 bits per heavy atom. The summed E-state index contributed by atoms with van der Waals surface area (Å²) in [5.74, 6) is -0.880. The SMILES string of the molecule is COCC1(C(=O)O)CCCN(C(=O)CC(C)(C)c2ccccc2)C1. The first-order chi connectivity index (χ1) is 11.3. The number of aliphatic carboxylic acids is 1. The summed E-state index contributed by atoms with van der Waals surface area (Å²) in [6.07, 6.45) is 1.59. The van der Waals surface area contributed by atoms with Gasteiger partial charge in [-0.1, -0.05) is 44.2 Å². The van der Waals surface area contributed by atoms with Crippen molar-refractivity contribution >= 4 is 11.9 Å². The molecule has 1 amide bonds. The Bertz CT molecular complexity index is 580. The van der Waals surface area contributed by atoms with Crippen molar-refractivity contribution in [1.29, 1.82) is 0 Å². The van der Waals surface area contributed by atoms with E-state index in [4.69, 9.17) is 4.74 Å². The van der Waals surface area contributed by atoms with Gasteiger partial charge >= 0.3 is 5.97 Å². The summed E-state index contributed by atoms with van der Waals surface area (Å²) in [6.45, 7) is 5.06. The summed E-state index contributed by atoms with van der Waals surface area (Å²) in [5, 5.41) is 9.61. The predicted octanol–water partition coefficient (Wildman–Crippen LogP) is 2.69. The molecule has 0 bridgehead atoms. The zero-order valence-electron chi connectivity index (χ0n) is 14.7. The Balaban J connectivity index is 2.10. The standard InChI is InChI=1S/C19H27NO4/c1-18(2,15-8-5-4-6-9-15)12-16(21)20-11-7-10-19(13-20,14-24-3)17(22)23/h4-6,8-9H,7,10-14H2,1-3H3,(H,22,23). The lowest BCUT2D eigenvalue weighted by Crippen LogP contribution is -2.52. The first-order valence-corrected chi connectivity index (χ1v) is 8.36. The maximum absolute atomic E-state index is 12.8. The molecule has 0 aromatic heterocycles. The second-order valence-corrected chi connectivity index (χ2v) is 7.36. The minimum absolute atomic E-state index is 0.00489. The maximum atomic E-state index is 12.8. The van der Waals surface area contributed by atoms with Gasteiger partial charge in [-0.05, 0) is 23.8 Å². The number of carbonyl (C=O) groups excluding carboxylic acids is 1. The molecule has 0 saturated carbocycles. The van der Waals surface area contributed by atoms with Crippen LogP contribution in [-0.2, 0) is 19.7 Å². The van der Waals surface area contributed by atoms with E-state index in [0.29, 0.717) is 25.8 Å². The molecule has 1 aromatic rings. The third kappa shape index (κ3) is 3.96. The largest absolute Gasteiger partial charge is 0.481 e. The minimum atomic E-state index is -0.987. The van der Waals surface area contributed by atoms with Gasteiger partial charge < -0.3 is 14.7 Å². The fraction of sp³-hybridized carbons (Fsp3) is 0.579. The number of carboxylic acid groups (broad SMARTS) is 1. The summed E-state index contributed by atoms with van der Waals surface area (Å²) < 4.78 is 5.13. The number of nitrogens with zero attached hydrogens (tertiary/aromatic N) is 1. The van der Waals surface area contributed by atoms with Crippen LogP contribution in [0.5, 0.6) is 0 Å². The zero-order chi connectivity index (χ0) is 17.8. The molecule has 1 fully saturated rings. The predicted molar refractivity (Wildman–Crippen MR) is 91.8 cm³/mol. The second-order valence-electron chi connectivity index (χ2n) is 7.36. The smallest absolute Gasteiger partial charge is 0.313 e. The monoisotopic (exact) mass is 333 g/mol. The zero-order valence-corrected chi connectivity index (χ0v) is 14.7. The quantitative estimate of drug-likeness (QED) is 0.869. The van der Waals surface area contributed by atoms with Crippen molar-refractivity contribution in [2.24, 2.45) is 5.41 Å². The Labute approximate surface area is 143 Å². The molecule has 1 aliphatic heterocycles. The third-order valence-electron chi connectivity index (χ3n) is 4.95. The summed E-state index contributed by atoms with van der Waals surface area (Å²) >= 11 is 0. The number of likely N-dealkylation sites (tertiary alicyclic amines) is 1. The minimum Gasteiger partial charge on any atom is -0.481 e. The molecule has 1 heterocycles. The first-order valence-electron chi connectivity index (χ1n) is 8.36. The van der Waals surface area contributed by atoms with E-state index in [0.717, 1.165) is 5.56 Å². The molecular weight excluding hydrogens is 306 g/mol. The van der Waals surface area contributed by atoms with E-state index in [1.54, 1.807) is 4.90 Å². The Morgan fingerprint density at radius 3 is 2.54 bits per heavy atom. The van der Waals surface area contributed by atoms with Gasteiger partial charge in [0.05, 0.1) is 6.61 Å². The summed E-state index contributed by atoms with van der Waals surface area (Å²) in [6, 6.07) is 9.94. The summed E-state index contributed by atoms with van der Waals surface area (Å²) in [4.78, 5) is 26.2. The van der Waals surface area contributed by atoms with E-state index in [1.165, 1.54) is 7.11 Å². The van der Waals surface area contributed by atoms with Crippen LogP contribution in [0.2, 0.25) is 0 Å². The Kier molecular flexibility index (Phi) is 5.65. The van der Waals surface area contributed by atoms with Crippen molar-refractivity contribution in [2.45, 2.75) is 38.5 Å².